The first kappa shape index (κ1) is 12.9. The second-order valence-corrected chi connectivity index (χ2v) is 4.80. The zero-order chi connectivity index (χ0) is 13.0. The molecule has 0 radical (unpaired) electrons. The van der Waals surface area contributed by atoms with Crippen LogP contribution in [0.5, 0.6) is 0 Å². The van der Waals surface area contributed by atoms with Gasteiger partial charge in [0.05, 0.1) is 18.6 Å². The molecule has 1 saturated carbocycles. The largest absolute Gasteiger partial charge is 0.399 e. The van der Waals surface area contributed by atoms with Crippen LogP contribution in [-0.2, 0) is 16.0 Å². The minimum atomic E-state index is 0.0366. The lowest BCUT2D eigenvalue weighted by molar-refractivity contribution is -0.121. The van der Waals surface area contributed by atoms with E-state index in [0.29, 0.717) is 12.1 Å². The van der Waals surface area contributed by atoms with Crippen molar-refractivity contribution in [2.45, 2.75) is 37.8 Å². The van der Waals surface area contributed by atoms with E-state index in [1.54, 1.807) is 7.11 Å². The summed E-state index contributed by atoms with van der Waals surface area (Å²) in [7, 11) is 1.70. The van der Waals surface area contributed by atoms with Crippen LogP contribution in [0, 0.1) is 0 Å². The van der Waals surface area contributed by atoms with Gasteiger partial charge in [0, 0.05) is 12.8 Å². The van der Waals surface area contributed by atoms with Gasteiger partial charge in [-0.3, -0.25) is 4.79 Å². The van der Waals surface area contributed by atoms with E-state index in [1.165, 1.54) is 0 Å². The molecule has 0 spiro atoms. The highest BCUT2D eigenvalue weighted by molar-refractivity contribution is 5.79. The number of amides is 1. The number of benzene rings is 1. The van der Waals surface area contributed by atoms with E-state index in [4.69, 9.17) is 10.5 Å². The molecule has 0 saturated heterocycles. The van der Waals surface area contributed by atoms with Gasteiger partial charge in [0.15, 0.2) is 0 Å². The standard InChI is InChI=1S/C14H20N2O2/c1-18-13-7-3-6-12(13)16-14(17)9-10-4-2-5-11(15)8-10/h2,4-5,8,12-13H,3,6-7,9,15H2,1H3,(H,16,17). The summed E-state index contributed by atoms with van der Waals surface area (Å²) >= 11 is 0. The number of nitrogens with two attached hydrogens (primary N) is 1. The number of nitrogen functional groups attached to an aromatic ring is 1. The lowest BCUT2D eigenvalue weighted by Crippen LogP contribution is -2.41. The maximum atomic E-state index is 11.9. The van der Waals surface area contributed by atoms with Crippen molar-refractivity contribution in [3.05, 3.63) is 29.8 Å². The maximum absolute atomic E-state index is 11.9. The molecule has 1 aliphatic rings. The van der Waals surface area contributed by atoms with Crippen LogP contribution in [-0.4, -0.2) is 25.2 Å². The van der Waals surface area contributed by atoms with Crippen molar-refractivity contribution in [2.24, 2.45) is 0 Å². The third-order valence-electron chi connectivity index (χ3n) is 3.42. The Morgan fingerprint density at radius 3 is 3.06 bits per heavy atom. The summed E-state index contributed by atoms with van der Waals surface area (Å²) in [5.41, 5.74) is 7.32. The van der Waals surface area contributed by atoms with E-state index in [1.807, 2.05) is 24.3 Å². The minimum absolute atomic E-state index is 0.0366. The molecule has 1 aromatic rings. The minimum Gasteiger partial charge on any atom is -0.399 e. The average Bonchev–Trinajstić information content (AvgIpc) is 2.76. The lowest BCUT2D eigenvalue weighted by atomic mass is 10.1. The molecule has 1 amide bonds. The van der Waals surface area contributed by atoms with Crippen LogP contribution in [0.4, 0.5) is 5.69 Å². The number of carbonyl (C=O) groups is 1. The van der Waals surface area contributed by atoms with Gasteiger partial charge >= 0.3 is 0 Å². The van der Waals surface area contributed by atoms with Crippen LogP contribution in [0.25, 0.3) is 0 Å². The Morgan fingerprint density at radius 2 is 2.33 bits per heavy atom. The summed E-state index contributed by atoms with van der Waals surface area (Å²) in [5, 5.41) is 3.04. The summed E-state index contributed by atoms with van der Waals surface area (Å²) in [5.74, 6) is 0.0366. The zero-order valence-corrected chi connectivity index (χ0v) is 10.7. The molecule has 1 aliphatic carbocycles. The first-order valence-corrected chi connectivity index (χ1v) is 6.35. The number of nitrogens with one attached hydrogen (secondary N) is 1. The number of hydrogen-bond acceptors (Lipinski definition) is 3. The predicted molar refractivity (Wildman–Crippen MR) is 71.1 cm³/mol. The van der Waals surface area contributed by atoms with Gasteiger partial charge in [-0.05, 0) is 37.0 Å². The molecular weight excluding hydrogens is 228 g/mol. The summed E-state index contributed by atoms with van der Waals surface area (Å²) in [6.45, 7) is 0. The number of ether oxygens (including phenoxy) is 1. The summed E-state index contributed by atoms with van der Waals surface area (Å²) in [6.07, 6.45) is 3.68. The van der Waals surface area contributed by atoms with E-state index < -0.39 is 0 Å². The van der Waals surface area contributed by atoms with E-state index in [0.717, 1.165) is 24.8 Å². The topological polar surface area (TPSA) is 64.3 Å². The Hall–Kier alpha value is -1.55. The third kappa shape index (κ3) is 3.23. The van der Waals surface area contributed by atoms with Crippen molar-refractivity contribution < 1.29 is 9.53 Å². The SMILES string of the molecule is COC1CCCC1NC(=O)Cc1cccc(N)c1. The van der Waals surface area contributed by atoms with Gasteiger partial charge in [0.25, 0.3) is 0 Å². The molecule has 4 nitrogen and oxygen atoms in total. The molecule has 18 heavy (non-hydrogen) atoms. The molecule has 2 atom stereocenters. The number of carbonyl (C=O) groups excluding carboxylic acids is 1. The normalized spacial score (nSPS) is 22.9. The highest BCUT2D eigenvalue weighted by Crippen LogP contribution is 2.21. The predicted octanol–water partition coefficient (Wildman–Crippen LogP) is 1.49. The van der Waals surface area contributed by atoms with Crippen LogP contribution in [0.2, 0.25) is 0 Å². The molecule has 1 aromatic carbocycles. The molecular formula is C14H20N2O2. The average molecular weight is 248 g/mol. The Labute approximate surface area is 108 Å². The maximum Gasteiger partial charge on any atom is 0.224 e. The first-order chi connectivity index (χ1) is 8.69. The second-order valence-electron chi connectivity index (χ2n) is 4.80. The Balaban J connectivity index is 1.89. The van der Waals surface area contributed by atoms with Crippen LogP contribution >= 0.6 is 0 Å². The highest BCUT2D eigenvalue weighted by Gasteiger charge is 2.28. The summed E-state index contributed by atoms with van der Waals surface area (Å²) in [4.78, 5) is 11.9. The molecule has 98 valence electrons. The molecule has 0 heterocycles. The highest BCUT2D eigenvalue weighted by atomic mass is 16.5. The van der Waals surface area contributed by atoms with Gasteiger partial charge in [-0.2, -0.15) is 0 Å². The molecule has 1 fully saturated rings. The van der Waals surface area contributed by atoms with Crippen molar-refractivity contribution >= 4 is 11.6 Å². The number of anilines is 1. The molecule has 4 heteroatoms. The van der Waals surface area contributed by atoms with Crippen molar-refractivity contribution in [3.63, 3.8) is 0 Å². The number of methoxy groups -OCH3 is 1. The van der Waals surface area contributed by atoms with E-state index in [-0.39, 0.29) is 18.1 Å². The van der Waals surface area contributed by atoms with Gasteiger partial charge in [-0.15, -0.1) is 0 Å². The monoisotopic (exact) mass is 248 g/mol. The van der Waals surface area contributed by atoms with Crippen molar-refractivity contribution in [1.82, 2.24) is 5.32 Å². The smallest absolute Gasteiger partial charge is 0.224 e. The van der Waals surface area contributed by atoms with Gasteiger partial charge < -0.3 is 15.8 Å². The van der Waals surface area contributed by atoms with E-state index in [2.05, 4.69) is 5.32 Å². The molecule has 2 rings (SSSR count). The van der Waals surface area contributed by atoms with Crippen LogP contribution in [0.3, 0.4) is 0 Å². The van der Waals surface area contributed by atoms with Crippen molar-refractivity contribution in [3.8, 4) is 0 Å². The van der Waals surface area contributed by atoms with Gasteiger partial charge in [0.2, 0.25) is 5.91 Å². The van der Waals surface area contributed by atoms with E-state index in [9.17, 15) is 4.79 Å². The van der Waals surface area contributed by atoms with Crippen LogP contribution < -0.4 is 11.1 Å². The fourth-order valence-corrected chi connectivity index (χ4v) is 2.52. The molecule has 0 bridgehead atoms. The number of hydrogen-bond donors (Lipinski definition) is 2. The van der Waals surface area contributed by atoms with E-state index >= 15 is 0 Å². The second kappa shape index (κ2) is 5.87. The third-order valence-corrected chi connectivity index (χ3v) is 3.42. The Bertz CT molecular complexity index is 420. The van der Waals surface area contributed by atoms with Crippen LogP contribution in [0.1, 0.15) is 24.8 Å². The molecule has 0 aliphatic heterocycles. The Morgan fingerprint density at radius 1 is 1.50 bits per heavy atom. The molecule has 0 aromatic heterocycles. The molecule has 2 unspecified atom stereocenters. The molecule has 3 N–H and O–H groups in total. The van der Waals surface area contributed by atoms with Crippen LogP contribution in [0.15, 0.2) is 24.3 Å². The fraction of sp³-hybridized carbons (Fsp3) is 0.500. The van der Waals surface area contributed by atoms with Gasteiger partial charge in [-0.1, -0.05) is 12.1 Å². The fourth-order valence-electron chi connectivity index (χ4n) is 2.52. The zero-order valence-electron chi connectivity index (χ0n) is 10.7. The lowest BCUT2D eigenvalue weighted by Gasteiger charge is -2.19. The van der Waals surface area contributed by atoms with Crippen molar-refractivity contribution in [2.75, 3.05) is 12.8 Å². The summed E-state index contributed by atoms with van der Waals surface area (Å²) in [6, 6.07) is 7.59. The summed E-state index contributed by atoms with van der Waals surface area (Å²) < 4.78 is 5.36. The van der Waals surface area contributed by atoms with Gasteiger partial charge in [0.1, 0.15) is 0 Å². The Kier molecular flexibility index (Phi) is 4.20. The van der Waals surface area contributed by atoms with Crippen molar-refractivity contribution in [1.29, 1.82) is 0 Å². The quantitative estimate of drug-likeness (QED) is 0.794. The number of rotatable bonds is 4. The van der Waals surface area contributed by atoms with Gasteiger partial charge in [-0.25, -0.2) is 0 Å². The first-order valence-electron chi connectivity index (χ1n) is 6.35.